The standard InChI is InChI=1S/C14H13ClN2O4/c1-8-3-4-10(6-11(8)15)16-13(18)7-20-14(19)12-5-9(2)17-21-12/h3-6H,7H2,1-2H3,(H,16,18). The van der Waals surface area contributed by atoms with E-state index in [0.29, 0.717) is 16.4 Å². The van der Waals surface area contributed by atoms with Crippen molar-refractivity contribution in [2.45, 2.75) is 13.8 Å². The van der Waals surface area contributed by atoms with Crippen LogP contribution in [0.3, 0.4) is 0 Å². The summed E-state index contributed by atoms with van der Waals surface area (Å²) in [6, 6.07) is 6.54. The van der Waals surface area contributed by atoms with E-state index in [4.69, 9.17) is 20.9 Å². The first-order valence-electron chi connectivity index (χ1n) is 6.12. The van der Waals surface area contributed by atoms with E-state index in [1.165, 1.54) is 6.07 Å². The number of carbonyl (C=O) groups excluding carboxylic acids is 2. The van der Waals surface area contributed by atoms with Crippen molar-refractivity contribution in [3.63, 3.8) is 0 Å². The molecule has 0 saturated heterocycles. The topological polar surface area (TPSA) is 81.4 Å². The highest BCUT2D eigenvalue weighted by atomic mass is 35.5. The van der Waals surface area contributed by atoms with Gasteiger partial charge in [-0.3, -0.25) is 4.79 Å². The fourth-order valence-electron chi connectivity index (χ4n) is 1.53. The molecule has 7 heteroatoms. The molecule has 0 radical (unpaired) electrons. The van der Waals surface area contributed by atoms with Gasteiger partial charge in [-0.25, -0.2) is 4.79 Å². The number of nitrogens with one attached hydrogen (secondary N) is 1. The zero-order valence-corrected chi connectivity index (χ0v) is 12.2. The summed E-state index contributed by atoms with van der Waals surface area (Å²) in [5.74, 6) is -1.26. The second-order valence-electron chi connectivity index (χ2n) is 4.42. The summed E-state index contributed by atoms with van der Waals surface area (Å²) < 4.78 is 9.54. The number of hydrogen-bond acceptors (Lipinski definition) is 5. The molecule has 21 heavy (non-hydrogen) atoms. The summed E-state index contributed by atoms with van der Waals surface area (Å²) in [7, 11) is 0. The molecule has 0 unspecified atom stereocenters. The summed E-state index contributed by atoms with van der Waals surface area (Å²) in [5.41, 5.74) is 1.99. The molecule has 1 amide bonds. The lowest BCUT2D eigenvalue weighted by Crippen LogP contribution is -2.20. The molecule has 0 saturated carbocycles. The zero-order chi connectivity index (χ0) is 15.4. The molecule has 0 atom stereocenters. The molecule has 6 nitrogen and oxygen atoms in total. The molecule has 0 fully saturated rings. The van der Waals surface area contributed by atoms with Crippen molar-refractivity contribution in [1.29, 1.82) is 0 Å². The first-order valence-corrected chi connectivity index (χ1v) is 6.50. The number of carbonyl (C=O) groups is 2. The number of rotatable bonds is 4. The number of anilines is 1. The van der Waals surface area contributed by atoms with Crippen LogP contribution < -0.4 is 5.32 Å². The van der Waals surface area contributed by atoms with Gasteiger partial charge < -0.3 is 14.6 Å². The van der Waals surface area contributed by atoms with Gasteiger partial charge >= 0.3 is 5.97 Å². The Bertz CT molecular complexity index is 681. The molecular formula is C14H13ClN2O4. The number of amides is 1. The molecule has 0 aliphatic carbocycles. The highest BCUT2D eigenvalue weighted by molar-refractivity contribution is 6.31. The fourth-order valence-corrected chi connectivity index (χ4v) is 1.71. The maximum atomic E-state index is 11.7. The lowest BCUT2D eigenvalue weighted by Gasteiger charge is -2.07. The van der Waals surface area contributed by atoms with Crippen molar-refractivity contribution >= 4 is 29.2 Å². The monoisotopic (exact) mass is 308 g/mol. The Labute approximate surface area is 126 Å². The summed E-state index contributed by atoms with van der Waals surface area (Å²) >= 11 is 5.95. The number of ether oxygens (including phenoxy) is 1. The van der Waals surface area contributed by atoms with Crippen molar-refractivity contribution in [3.8, 4) is 0 Å². The molecule has 1 aromatic heterocycles. The van der Waals surface area contributed by atoms with Gasteiger partial charge in [-0.1, -0.05) is 22.8 Å². The van der Waals surface area contributed by atoms with Crippen LogP contribution in [0.4, 0.5) is 5.69 Å². The van der Waals surface area contributed by atoms with E-state index in [-0.39, 0.29) is 5.76 Å². The van der Waals surface area contributed by atoms with Gasteiger partial charge in [0.25, 0.3) is 5.91 Å². The Hall–Kier alpha value is -2.34. The SMILES string of the molecule is Cc1cc(C(=O)OCC(=O)Nc2ccc(C)c(Cl)c2)on1. The van der Waals surface area contributed by atoms with Crippen LogP contribution in [0.2, 0.25) is 5.02 Å². The van der Waals surface area contributed by atoms with Gasteiger partial charge in [0.05, 0.1) is 5.69 Å². The van der Waals surface area contributed by atoms with Crippen molar-refractivity contribution in [2.24, 2.45) is 0 Å². The number of nitrogens with zero attached hydrogens (tertiary/aromatic N) is 1. The Morgan fingerprint density at radius 1 is 1.33 bits per heavy atom. The predicted octanol–water partition coefficient (Wildman–Crippen LogP) is 2.74. The van der Waals surface area contributed by atoms with Gasteiger partial charge in [0, 0.05) is 16.8 Å². The quantitative estimate of drug-likeness (QED) is 0.878. The molecule has 1 aromatic carbocycles. The number of hydrogen-bond donors (Lipinski definition) is 1. The third kappa shape index (κ3) is 4.06. The van der Waals surface area contributed by atoms with Crippen LogP contribution in [0.1, 0.15) is 21.8 Å². The largest absolute Gasteiger partial charge is 0.450 e. The highest BCUT2D eigenvalue weighted by Crippen LogP contribution is 2.19. The molecule has 0 spiro atoms. The lowest BCUT2D eigenvalue weighted by molar-refractivity contribution is -0.119. The molecule has 0 aliphatic rings. The lowest BCUT2D eigenvalue weighted by atomic mass is 10.2. The maximum Gasteiger partial charge on any atom is 0.377 e. The molecule has 0 bridgehead atoms. The Morgan fingerprint density at radius 3 is 2.71 bits per heavy atom. The van der Waals surface area contributed by atoms with Gasteiger partial charge in [0.1, 0.15) is 0 Å². The minimum Gasteiger partial charge on any atom is -0.450 e. The Morgan fingerprint density at radius 2 is 2.10 bits per heavy atom. The van der Waals surface area contributed by atoms with Crippen molar-refractivity contribution in [1.82, 2.24) is 5.16 Å². The third-order valence-corrected chi connectivity index (χ3v) is 3.03. The summed E-state index contributed by atoms with van der Waals surface area (Å²) in [6.45, 7) is 3.10. The molecule has 2 rings (SSSR count). The minimum absolute atomic E-state index is 0.0429. The van der Waals surface area contributed by atoms with E-state index in [2.05, 4.69) is 10.5 Å². The number of halogens is 1. The second kappa shape index (κ2) is 6.41. The number of aryl methyl sites for hydroxylation is 2. The average molecular weight is 309 g/mol. The molecule has 1 heterocycles. The molecule has 110 valence electrons. The Kier molecular flexibility index (Phi) is 4.59. The zero-order valence-electron chi connectivity index (χ0n) is 11.5. The highest BCUT2D eigenvalue weighted by Gasteiger charge is 2.15. The first kappa shape index (κ1) is 15.1. The van der Waals surface area contributed by atoms with E-state index in [1.807, 2.05) is 6.92 Å². The van der Waals surface area contributed by atoms with Gasteiger partial charge in [-0.2, -0.15) is 0 Å². The van der Waals surface area contributed by atoms with Gasteiger partial charge in [-0.15, -0.1) is 0 Å². The minimum atomic E-state index is -0.743. The summed E-state index contributed by atoms with van der Waals surface area (Å²) in [5, 5.41) is 6.68. The number of aromatic nitrogens is 1. The average Bonchev–Trinajstić information content (AvgIpc) is 2.87. The van der Waals surface area contributed by atoms with E-state index in [9.17, 15) is 9.59 Å². The maximum absolute atomic E-state index is 11.7. The van der Waals surface area contributed by atoms with Gasteiger partial charge in [0.2, 0.25) is 5.76 Å². The smallest absolute Gasteiger partial charge is 0.377 e. The van der Waals surface area contributed by atoms with Crippen molar-refractivity contribution in [2.75, 3.05) is 11.9 Å². The van der Waals surface area contributed by atoms with E-state index in [1.54, 1.807) is 25.1 Å². The number of benzene rings is 1. The predicted molar refractivity (Wildman–Crippen MR) is 76.3 cm³/mol. The molecule has 1 N–H and O–H groups in total. The Balaban J connectivity index is 1.87. The summed E-state index contributed by atoms with van der Waals surface area (Å²) in [4.78, 5) is 23.2. The van der Waals surface area contributed by atoms with Crippen LogP contribution in [0, 0.1) is 13.8 Å². The van der Waals surface area contributed by atoms with Crippen molar-refractivity contribution < 1.29 is 18.8 Å². The van der Waals surface area contributed by atoms with Crippen LogP contribution >= 0.6 is 11.6 Å². The first-order chi connectivity index (χ1) is 9.95. The fraction of sp³-hybridized carbons (Fsp3) is 0.214. The molecular weight excluding hydrogens is 296 g/mol. The van der Waals surface area contributed by atoms with Crippen LogP contribution in [0.15, 0.2) is 28.8 Å². The normalized spacial score (nSPS) is 10.2. The van der Waals surface area contributed by atoms with E-state index in [0.717, 1.165) is 5.56 Å². The van der Waals surface area contributed by atoms with Crippen molar-refractivity contribution in [3.05, 3.63) is 46.3 Å². The van der Waals surface area contributed by atoms with Gasteiger partial charge in [-0.05, 0) is 31.5 Å². The summed E-state index contributed by atoms with van der Waals surface area (Å²) in [6.07, 6.45) is 0. The third-order valence-electron chi connectivity index (χ3n) is 2.62. The number of esters is 1. The van der Waals surface area contributed by atoms with E-state index >= 15 is 0 Å². The van der Waals surface area contributed by atoms with Crippen LogP contribution in [-0.2, 0) is 9.53 Å². The van der Waals surface area contributed by atoms with Crippen LogP contribution in [0.25, 0.3) is 0 Å². The second-order valence-corrected chi connectivity index (χ2v) is 4.83. The molecule has 2 aromatic rings. The van der Waals surface area contributed by atoms with Gasteiger partial charge in [0.15, 0.2) is 6.61 Å². The molecule has 0 aliphatic heterocycles. The van der Waals surface area contributed by atoms with Crippen LogP contribution in [-0.4, -0.2) is 23.6 Å². The van der Waals surface area contributed by atoms with E-state index < -0.39 is 18.5 Å². The van der Waals surface area contributed by atoms with Crippen LogP contribution in [0.5, 0.6) is 0 Å².